The maximum absolute atomic E-state index is 12.4. The number of sulfonamides is 1. The molecular formula is C19H23ClN4O3S. The molecule has 0 saturated carbocycles. The molecule has 1 aliphatic heterocycles. The standard InChI is InChI=1S/C19H23ClN4O3S/c1-28(26,27)23-16-7-5-14(6-8-16)19(25)22-12-17-13-24(10-9-21-17)18-4-2-3-15(20)11-18/h2-8,11,17,21,23H,9-10,12-13H2,1H3,(H,22,25). The number of anilines is 2. The van der Waals surface area contributed by atoms with Crippen molar-refractivity contribution in [2.75, 3.05) is 42.1 Å². The number of nitrogens with zero attached hydrogens (tertiary/aromatic N) is 1. The van der Waals surface area contributed by atoms with Gasteiger partial charge in [0.2, 0.25) is 10.0 Å². The monoisotopic (exact) mass is 422 g/mol. The van der Waals surface area contributed by atoms with Crippen molar-refractivity contribution in [1.29, 1.82) is 0 Å². The lowest BCUT2D eigenvalue weighted by molar-refractivity contribution is 0.0949. The van der Waals surface area contributed by atoms with Crippen LogP contribution in [0.5, 0.6) is 0 Å². The van der Waals surface area contributed by atoms with E-state index in [-0.39, 0.29) is 11.9 Å². The highest BCUT2D eigenvalue weighted by atomic mass is 35.5. The van der Waals surface area contributed by atoms with Crippen LogP contribution in [0.1, 0.15) is 10.4 Å². The summed E-state index contributed by atoms with van der Waals surface area (Å²) in [6.07, 6.45) is 1.08. The molecule has 3 rings (SSSR count). The molecule has 1 atom stereocenters. The summed E-state index contributed by atoms with van der Waals surface area (Å²) in [7, 11) is -3.34. The highest BCUT2D eigenvalue weighted by Gasteiger charge is 2.20. The number of carbonyl (C=O) groups excluding carboxylic acids is 1. The third-order valence-corrected chi connectivity index (χ3v) is 5.23. The molecule has 1 heterocycles. The van der Waals surface area contributed by atoms with Crippen LogP contribution in [0.25, 0.3) is 0 Å². The lowest BCUT2D eigenvalue weighted by Crippen LogP contribution is -2.55. The fraction of sp³-hybridized carbons (Fsp3) is 0.316. The van der Waals surface area contributed by atoms with E-state index in [1.165, 1.54) is 0 Å². The molecule has 3 N–H and O–H groups in total. The Morgan fingerprint density at radius 1 is 1.25 bits per heavy atom. The summed E-state index contributed by atoms with van der Waals surface area (Å²) in [5.74, 6) is -0.201. The van der Waals surface area contributed by atoms with Crippen LogP contribution in [-0.2, 0) is 10.0 Å². The minimum absolute atomic E-state index is 0.114. The molecule has 1 aliphatic rings. The number of rotatable bonds is 6. The van der Waals surface area contributed by atoms with E-state index in [1.807, 2.05) is 24.3 Å². The molecule has 1 saturated heterocycles. The summed E-state index contributed by atoms with van der Waals surface area (Å²) in [5, 5.41) is 7.04. The SMILES string of the molecule is CS(=O)(=O)Nc1ccc(C(=O)NCC2CN(c3cccc(Cl)c3)CCN2)cc1. The van der Waals surface area contributed by atoms with Crippen LogP contribution in [0, 0.1) is 0 Å². The first kappa shape index (κ1) is 20.4. The van der Waals surface area contributed by atoms with Crippen molar-refractivity contribution < 1.29 is 13.2 Å². The predicted octanol–water partition coefficient (Wildman–Crippen LogP) is 1.92. The molecule has 150 valence electrons. The van der Waals surface area contributed by atoms with Crippen LogP contribution in [0.2, 0.25) is 5.02 Å². The molecule has 0 aliphatic carbocycles. The van der Waals surface area contributed by atoms with E-state index in [4.69, 9.17) is 11.6 Å². The predicted molar refractivity (Wildman–Crippen MR) is 113 cm³/mol. The first-order chi connectivity index (χ1) is 13.3. The van der Waals surface area contributed by atoms with E-state index < -0.39 is 10.0 Å². The zero-order valence-corrected chi connectivity index (χ0v) is 17.1. The fourth-order valence-electron chi connectivity index (χ4n) is 3.09. The average Bonchev–Trinajstić information content (AvgIpc) is 2.66. The molecule has 2 aromatic carbocycles. The van der Waals surface area contributed by atoms with Crippen LogP contribution in [0.15, 0.2) is 48.5 Å². The maximum atomic E-state index is 12.4. The van der Waals surface area contributed by atoms with Gasteiger partial charge in [-0.3, -0.25) is 9.52 Å². The normalized spacial score (nSPS) is 17.2. The Bertz CT molecular complexity index is 934. The number of amides is 1. The molecule has 0 radical (unpaired) electrons. The molecule has 1 unspecified atom stereocenters. The molecule has 7 nitrogen and oxygen atoms in total. The van der Waals surface area contributed by atoms with E-state index in [1.54, 1.807) is 24.3 Å². The second-order valence-corrected chi connectivity index (χ2v) is 8.92. The van der Waals surface area contributed by atoms with E-state index in [0.717, 1.165) is 31.6 Å². The molecule has 28 heavy (non-hydrogen) atoms. The smallest absolute Gasteiger partial charge is 0.251 e. The Morgan fingerprint density at radius 2 is 2.00 bits per heavy atom. The molecule has 1 amide bonds. The number of hydrogen-bond donors (Lipinski definition) is 3. The molecule has 0 bridgehead atoms. The summed E-state index contributed by atoms with van der Waals surface area (Å²) >= 11 is 6.08. The largest absolute Gasteiger partial charge is 0.369 e. The Morgan fingerprint density at radius 3 is 2.68 bits per heavy atom. The molecule has 0 aromatic heterocycles. The minimum atomic E-state index is -3.34. The maximum Gasteiger partial charge on any atom is 0.251 e. The third kappa shape index (κ3) is 5.85. The lowest BCUT2D eigenvalue weighted by Gasteiger charge is -2.35. The van der Waals surface area contributed by atoms with Crippen molar-refractivity contribution in [3.63, 3.8) is 0 Å². The van der Waals surface area contributed by atoms with Gasteiger partial charge >= 0.3 is 0 Å². The summed E-state index contributed by atoms with van der Waals surface area (Å²) in [6.45, 7) is 2.94. The van der Waals surface area contributed by atoms with Crippen molar-refractivity contribution in [1.82, 2.24) is 10.6 Å². The Hall–Kier alpha value is -2.29. The van der Waals surface area contributed by atoms with Gasteiger partial charge in [-0.15, -0.1) is 0 Å². The molecule has 0 spiro atoms. The van der Waals surface area contributed by atoms with Crippen LogP contribution in [-0.4, -0.2) is 52.8 Å². The fourth-order valence-corrected chi connectivity index (χ4v) is 3.84. The number of halogens is 1. The van der Waals surface area contributed by atoms with Crippen LogP contribution in [0.3, 0.4) is 0 Å². The van der Waals surface area contributed by atoms with Gasteiger partial charge in [-0.05, 0) is 42.5 Å². The third-order valence-electron chi connectivity index (χ3n) is 4.39. The van der Waals surface area contributed by atoms with Crippen molar-refractivity contribution in [2.24, 2.45) is 0 Å². The Kier molecular flexibility index (Phi) is 6.43. The van der Waals surface area contributed by atoms with Gasteiger partial charge in [0.25, 0.3) is 5.91 Å². The van der Waals surface area contributed by atoms with Crippen LogP contribution in [0.4, 0.5) is 11.4 Å². The van der Waals surface area contributed by atoms with Gasteiger partial charge in [0.05, 0.1) is 6.26 Å². The van der Waals surface area contributed by atoms with Gasteiger partial charge in [0, 0.05) is 54.2 Å². The first-order valence-corrected chi connectivity index (χ1v) is 11.2. The molecule has 1 fully saturated rings. The second-order valence-electron chi connectivity index (χ2n) is 6.74. The van der Waals surface area contributed by atoms with Gasteiger partial charge < -0.3 is 15.5 Å². The van der Waals surface area contributed by atoms with Crippen LogP contribution < -0.4 is 20.3 Å². The topological polar surface area (TPSA) is 90.5 Å². The lowest BCUT2D eigenvalue weighted by atomic mass is 10.1. The average molecular weight is 423 g/mol. The zero-order valence-electron chi connectivity index (χ0n) is 15.5. The first-order valence-electron chi connectivity index (χ1n) is 8.90. The van der Waals surface area contributed by atoms with E-state index in [2.05, 4.69) is 20.3 Å². The Labute approximate surface area is 170 Å². The van der Waals surface area contributed by atoms with Crippen molar-refractivity contribution >= 4 is 38.9 Å². The van der Waals surface area contributed by atoms with Gasteiger partial charge in [0.1, 0.15) is 0 Å². The quantitative estimate of drug-likeness (QED) is 0.661. The number of carbonyl (C=O) groups is 1. The van der Waals surface area contributed by atoms with Crippen molar-refractivity contribution in [3.05, 3.63) is 59.1 Å². The highest BCUT2D eigenvalue weighted by Crippen LogP contribution is 2.20. The van der Waals surface area contributed by atoms with Gasteiger partial charge in [-0.25, -0.2) is 8.42 Å². The number of nitrogens with one attached hydrogen (secondary N) is 3. The Balaban J connectivity index is 1.54. The second kappa shape index (κ2) is 8.81. The molecular weight excluding hydrogens is 400 g/mol. The molecule has 2 aromatic rings. The van der Waals surface area contributed by atoms with Gasteiger partial charge in [0.15, 0.2) is 0 Å². The van der Waals surface area contributed by atoms with E-state index >= 15 is 0 Å². The summed E-state index contributed by atoms with van der Waals surface area (Å²) in [5.41, 5.74) is 1.96. The molecule has 9 heteroatoms. The summed E-state index contributed by atoms with van der Waals surface area (Å²) in [4.78, 5) is 14.6. The van der Waals surface area contributed by atoms with Gasteiger partial charge in [-0.1, -0.05) is 17.7 Å². The summed E-state index contributed by atoms with van der Waals surface area (Å²) < 4.78 is 24.8. The zero-order chi connectivity index (χ0) is 20.1. The summed E-state index contributed by atoms with van der Waals surface area (Å²) in [6, 6.07) is 14.2. The number of hydrogen-bond acceptors (Lipinski definition) is 5. The van der Waals surface area contributed by atoms with Crippen LogP contribution >= 0.6 is 11.6 Å². The van der Waals surface area contributed by atoms with Crippen molar-refractivity contribution in [2.45, 2.75) is 6.04 Å². The van der Waals surface area contributed by atoms with E-state index in [9.17, 15) is 13.2 Å². The highest BCUT2D eigenvalue weighted by molar-refractivity contribution is 7.92. The van der Waals surface area contributed by atoms with Gasteiger partial charge in [-0.2, -0.15) is 0 Å². The number of benzene rings is 2. The minimum Gasteiger partial charge on any atom is -0.369 e. The van der Waals surface area contributed by atoms with E-state index in [0.29, 0.717) is 22.8 Å². The number of piperazine rings is 1. The van der Waals surface area contributed by atoms with Crippen molar-refractivity contribution in [3.8, 4) is 0 Å².